The van der Waals surface area contributed by atoms with Crippen LogP contribution in [0.15, 0.2) is 59.5 Å². The molecule has 1 saturated heterocycles. The van der Waals surface area contributed by atoms with Crippen molar-refractivity contribution < 1.29 is 23.2 Å². The van der Waals surface area contributed by atoms with Gasteiger partial charge in [0.2, 0.25) is 5.91 Å². The summed E-state index contributed by atoms with van der Waals surface area (Å²) in [7, 11) is -3.78. The number of hydroxylamine groups is 1. The molecule has 2 aromatic carbocycles. The third-order valence-electron chi connectivity index (χ3n) is 5.45. The minimum absolute atomic E-state index is 0.0388. The highest BCUT2D eigenvalue weighted by atomic mass is 32.2. The van der Waals surface area contributed by atoms with Gasteiger partial charge in [-0.25, -0.2) is 13.9 Å². The Bertz CT molecular complexity index is 1190. The van der Waals surface area contributed by atoms with Gasteiger partial charge < -0.3 is 4.74 Å². The van der Waals surface area contributed by atoms with Crippen LogP contribution in [0.3, 0.4) is 0 Å². The fourth-order valence-electron chi connectivity index (χ4n) is 3.90. The maximum atomic E-state index is 13.0. The van der Waals surface area contributed by atoms with Gasteiger partial charge in [0.05, 0.1) is 29.5 Å². The summed E-state index contributed by atoms with van der Waals surface area (Å²) in [5.41, 5.74) is 5.48. The fourth-order valence-corrected chi connectivity index (χ4v) is 5.68. The summed E-state index contributed by atoms with van der Waals surface area (Å²) in [6.07, 6.45) is 0.645. The number of benzene rings is 2. The largest absolute Gasteiger partial charge is 0.379 e. The lowest BCUT2D eigenvalue weighted by Gasteiger charge is -2.16. The lowest BCUT2D eigenvalue weighted by atomic mass is 10.0. The van der Waals surface area contributed by atoms with Crippen LogP contribution in [0.5, 0.6) is 0 Å². The molecule has 4 rings (SSSR count). The fraction of sp³-hybridized carbons (Fsp3) is 0.273. The van der Waals surface area contributed by atoms with E-state index in [-0.39, 0.29) is 18.1 Å². The van der Waals surface area contributed by atoms with Crippen molar-refractivity contribution in [2.24, 2.45) is 5.92 Å². The highest BCUT2D eigenvalue weighted by Crippen LogP contribution is 2.28. The maximum absolute atomic E-state index is 13.0. The van der Waals surface area contributed by atoms with Crippen LogP contribution in [0.2, 0.25) is 0 Å². The Morgan fingerprint density at radius 3 is 2.63 bits per heavy atom. The van der Waals surface area contributed by atoms with Crippen LogP contribution < -0.4 is 5.48 Å². The minimum atomic E-state index is -3.78. The number of carbonyl (C=O) groups is 1. The van der Waals surface area contributed by atoms with Crippen LogP contribution in [0.25, 0.3) is 10.9 Å². The van der Waals surface area contributed by atoms with E-state index in [0.29, 0.717) is 6.42 Å². The molecule has 0 spiro atoms. The molecular weight excluding hydrogens is 404 g/mol. The van der Waals surface area contributed by atoms with Crippen LogP contribution in [-0.4, -0.2) is 43.0 Å². The van der Waals surface area contributed by atoms with Crippen molar-refractivity contribution in [3.63, 3.8) is 0 Å². The molecule has 30 heavy (non-hydrogen) atoms. The van der Waals surface area contributed by atoms with E-state index in [1.165, 1.54) is 5.48 Å². The quantitative estimate of drug-likeness (QED) is 0.480. The van der Waals surface area contributed by atoms with E-state index in [4.69, 9.17) is 9.94 Å². The molecule has 1 fully saturated rings. The van der Waals surface area contributed by atoms with E-state index in [9.17, 15) is 13.2 Å². The molecule has 1 aromatic heterocycles. The molecule has 3 aromatic rings. The van der Waals surface area contributed by atoms with E-state index >= 15 is 0 Å². The Balaban J connectivity index is 1.60. The number of amides is 1. The molecule has 0 bridgehead atoms. The summed E-state index contributed by atoms with van der Waals surface area (Å²) in [6, 6.07) is 16.7. The predicted octanol–water partition coefficient (Wildman–Crippen LogP) is 2.43. The number of carbonyl (C=O) groups excluding carboxylic acids is 1. The molecule has 2 N–H and O–H groups in total. The van der Waals surface area contributed by atoms with Gasteiger partial charge in [0.25, 0.3) is 0 Å². The van der Waals surface area contributed by atoms with E-state index in [0.717, 1.165) is 27.7 Å². The van der Waals surface area contributed by atoms with Gasteiger partial charge in [-0.15, -0.1) is 0 Å². The van der Waals surface area contributed by atoms with Crippen molar-refractivity contribution >= 4 is 26.6 Å². The first-order chi connectivity index (χ1) is 14.4. The molecule has 2 heterocycles. The molecule has 7 nitrogen and oxygen atoms in total. The number of hydrogen-bond acceptors (Lipinski definition) is 6. The van der Waals surface area contributed by atoms with Gasteiger partial charge in [-0.3, -0.25) is 15.0 Å². The van der Waals surface area contributed by atoms with E-state index in [2.05, 4.69) is 4.98 Å². The average Bonchev–Trinajstić information content (AvgIpc) is 3.24. The van der Waals surface area contributed by atoms with Crippen LogP contribution in [0, 0.1) is 12.8 Å². The summed E-state index contributed by atoms with van der Waals surface area (Å²) in [5.74, 6) is -1.69. The second-order valence-electron chi connectivity index (χ2n) is 7.46. The van der Waals surface area contributed by atoms with Gasteiger partial charge in [-0.2, -0.15) is 0 Å². The maximum Gasteiger partial charge on any atom is 0.250 e. The second-order valence-corrected chi connectivity index (χ2v) is 9.63. The van der Waals surface area contributed by atoms with Gasteiger partial charge >= 0.3 is 0 Å². The summed E-state index contributed by atoms with van der Waals surface area (Å²) in [4.78, 5) is 16.5. The topological polar surface area (TPSA) is 106 Å². The number of rotatable bonds is 5. The van der Waals surface area contributed by atoms with Gasteiger partial charge in [0.15, 0.2) is 9.84 Å². The Hall–Kier alpha value is -2.81. The zero-order valence-corrected chi connectivity index (χ0v) is 17.2. The SMILES string of the molecule is Cc1cc(Cc2ccc(S(=O)(=O)C3COCC3C(=O)NO)cc2)c2ccccc2n1. The highest BCUT2D eigenvalue weighted by Gasteiger charge is 2.43. The van der Waals surface area contributed by atoms with Crippen LogP contribution >= 0.6 is 0 Å². The monoisotopic (exact) mass is 426 g/mol. The Morgan fingerprint density at radius 1 is 1.17 bits per heavy atom. The highest BCUT2D eigenvalue weighted by molar-refractivity contribution is 7.92. The van der Waals surface area contributed by atoms with Gasteiger partial charge in [0, 0.05) is 11.1 Å². The first-order valence-electron chi connectivity index (χ1n) is 9.60. The van der Waals surface area contributed by atoms with Crippen molar-refractivity contribution in [1.29, 1.82) is 0 Å². The smallest absolute Gasteiger partial charge is 0.250 e. The molecule has 1 amide bonds. The number of pyridine rings is 1. The molecule has 156 valence electrons. The number of ether oxygens (including phenoxy) is 1. The third-order valence-corrected chi connectivity index (χ3v) is 7.64. The summed E-state index contributed by atoms with van der Waals surface area (Å²) >= 11 is 0. The normalized spacial score (nSPS) is 19.1. The standard InChI is InChI=1S/C22H22N2O5S/c1-14-10-16(18-4-2-3-5-20(18)23-14)11-15-6-8-17(9-7-15)30(27,28)21-13-29-12-19(21)22(25)24-26/h2-10,19,21,26H,11-13H2,1H3,(H,24,25). The predicted molar refractivity (Wildman–Crippen MR) is 111 cm³/mol. The van der Waals surface area contributed by atoms with Gasteiger partial charge in [-0.1, -0.05) is 30.3 Å². The van der Waals surface area contributed by atoms with Crippen LogP contribution in [-0.2, 0) is 25.8 Å². The number of aryl methyl sites for hydroxylation is 1. The third kappa shape index (κ3) is 3.81. The zero-order chi connectivity index (χ0) is 21.3. The van der Waals surface area contributed by atoms with Gasteiger partial charge in [0.1, 0.15) is 5.25 Å². The van der Waals surface area contributed by atoms with Gasteiger partial charge in [-0.05, 0) is 48.7 Å². The number of para-hydroxylation sites is 1. The molecular formula is C22H22N2O5S. The van der Waals surface area contributed by atoms with Crippen molar-refractivity contribution in [3.8, 4) is 0 Å². The molecule has 0 aliphatic carbocycles. The average molecular weight is 426 g/mol. The molecule has 1 aliphatic rings. The zero-order valence-electron chi connectivity index (χ0n) is 16.4. The summed E-state index contributed by atoms with van der Waals surface area (Å²) in [5, 5.41) is 8.91. The molecule has 1 aliphatic heterocycles. The van der Waals surface area contributed by atoms with E-state index in [1.807, 2.05) is 37.3 Å². The summed E-state index contributed by atoms with van der Waals surface area (Å²) < 4.78 is 31.2. The molecule has 2 atom stereocenters. The van der Waals surface area contributed by atoms with E-state index < -0.39 is 26.9 Å². The Labute approximate surface area is 174 Å². The number of fused-ring (bicyclic) bond motifs is 1. The number of aromatic nitrogens is 1. The molecule has 0 saturated carbocycles. The second kappa shape index (κ2) is 8.14. The first kappa shape index (κ1) is 20.5. The Morgan fingerprint density at radius 2 is 1.90 bits per heavy atom. The first-order valence-corrected chi connectivity index (χ1v) is 11.1. The lowest BCUT2D eigenvalue weighted by Crippen LogP contribution is -2.39. The Kier molecular flexibility index (Phi) is 5.55. The van der Waals surface area contributed by atoms with Crippen molar-refractivity contribution in [1.82, 2.24) is 10.5 Å². The van der Waals surface area contributed by atoms with Crippen molar-refractivity contribution in [2.45, 2.75) is 23.5 Å². The van der Waals surface area contributed by atoms with Crippen molar-refractivity contribution in [2.75, 3.05) is 13.2 Å². The molecule has 2 unspecified atom stereocenters. The van der Waals surface area contributed by atoms with Crippen LogP contribution in [0.1, 0.15) is 16.8 Å². The number of nitrogens with zero attached hydrogens (tertiary/aromatic N) is 1. The molecule has 8 heteroatoms. The number of sulfone groups is 1. The molecule has 0 radical (unpaired) electrons. The van der Waals surface area contributed by atoms with Crippen LogP contribution in [0.4, 0.5) is 0 Å². The van der Waals surface area contributed by atoms with E-state index in [1.54, 1.807) is 24.3 Å². The summed E-state index contributed by atoms with van der Waals surface area (Å²) in [6.45, 7) is 1.83. The minimum Gasteiger partial charge on any atom is -0.379 e. The number of nitrogens with one attached hydrogen (secondary N) is 1. The lowest BCUT2D eigenvalue weighted by molar-refractivity contribution is -0.133. The number of hydrogen-bond donors (Lipinski definition) is 2. The van der Waals surface area contributed by atoms with Crippen molar-refractivity contribution in [3.05, 3.63) is 71.4 Å².